The first kappa shape index (κ1) is 22.9. The third kappa shape index (κ3) is 7.22. The van der Waals surface area contributed by atoms with Gasteiger partial charge >= 0.3 is 5.97 Å². The highest BCUT2D eigenvalue weighted by molar-refractivity contribution is 5.83. The lowest BCUT2D eigenvalue weighted by Gasteiger charge is -2.21. The zero-order valence-corrected chi connectivity index (χ0v) is 16.9. The summed E-state index contributed by atoms with van der Waals surface area (Å²) in [4.78, 5) is 23.3. The van der Waals surface area contributed by atoms with Crippen LogP contribution in [-0.4, -0.2) is 27.6 Å². The molecule has 0 amide bonds. The van der Waals surface area contributed by atoms with Crippen LogP contribution in [0.1, 0.15) is 91.4 Å². The number of carbonyl (C=O) groups excluding carboxylic acids is 1. The second kappa shape index (κ2) is 11.5. The molecule has 0 saturated heterocycles. The Morgan fingerprint density at radius 2 is 2.04 bits per heavy atom. The molecule has 0 radical (unpaired) electrons. The molecule has 150 valence electrons. The maximum atomic E-state index is 12.2. The van der Waals surface area contributed by atoms with E-state index in [-0.39, 0.29) is 18.8 Å². The van der Waals surface area contributed by atoms with Crippen LogP contribution < -0.4 is 0 Å². The Labute approximate surface area is 159 Å². The Bertz CT molecular complexity index is 471. The smallest absolute Gasteiger partial charge is 0.335 e. The average Bonchev–Trinajstić information content (AvgIpc) is 2.94. The third-order valence-electron chi connectivity index (χ3n) is 5.95. The summed E-state index contributed by atoms with van der Waals surface area (Å²) in [5.74, 6) is 0.476. The number of ketones is 1. The van der Waals surface area contributed by atoms with Crippen molar-refractivity contribution < 1.29 is 19.8 Å². The van der Waals surface area contributed by atoms with Gasteiger partial charge in [0.25, 0.3) is 0 Å². The highest BCUT2D eigenvalue weighted by Gasteiger charge is 2.34. The molecule has 0 heterocycles. The highest BCUT2D eigenvalue weighted by Crippen LogP contribution is 2.34. The molecular weight excluding hydrogens is 328 g/mol. The van der Waals surface area contributed by atoms with Crippen LogP contribution in [0, 0.1) is 17.8 Å². The molecule has 2 N–H and O–H groups in total. The molecule has 1 saturated carbocycles. The molecule has 0 aliphatic heterocycles. The van der Waals surface area contributed by atoms with Gasteiger partial charge in [0.1, 0.15) is 5.78 Å². The van der Waals surface area contributed by atoms with E-state index in [1.54, 1.807) is 6.92 Å². The Hall–Kier alpha value is -1.16. The number of allylic oxidation sites excluding steroid dienone is 2. The number of hydrogen-bond acceptors (Lipinski definition) is 3. The van der Waals surface area contributed by atoms with Gasteiger partial charge in [-0.25, -0.2) is 4.79 Å². The van der Waals surface area contributed by atoms with Crippen LogP contribution >= 0.6 is 0 Å². The van der Waals surface area contributed by atoms with Crippen molar-refractivity contribution in [3.63, 3.8) is 0 Å². The van der Waals surface area contributed by atoms with Crippen LogP contribution in [0.4, 0.5) is 0 Å². The molecule has 26 heavy (non-hydrogen) atoms. The van der Waals surface area contributed by atoms with Crippen molar-refractivity contribution >= 4 is 11.8 Å². The summed E-state index contributed by atoms with van der Waals surface area (Å²) in [6, 6.07) is 0. The number of carboxylic acid groups (broad SMARTS) is 1. The van der Waals surface area contributed by atoms with E-state index in [0.717, 1.165) is 32.1 Å². The Morgan fingerprint density at radius 1 is 1.31 bits per heavy atom. The van der Waals surface area contributed by atoms with E-state index in [1.807, 2.05) is 0 Å². The monoisotopic (exact) mass is 366 g/mol. The maximum Gasteiger partial charge on any atom is 0.335 e. The molecule has 0 aromatic heterocycles. The molecule has 2 unspecified atom stereocenters. The van der Waals surface area contributed by atoms with Crippen LogP contribution in [0.2, 0.25) is 0 Å². The molecule has 1 aliphatic carbocycles. The quantitative estimate of drug-likeness (QED) is 0.349. The summed E-state index contributed by atoms with van der Waals surface area (Å²) in [6.07, 6.45) is 13.6. The minimum atomic E-state index is -1.59. The van der Waals surface area contributed by atoms with E-state index >= 15 is 0 Å². The Balaban J connectivity index is 2.36. The molecule has 4 nitrogen and oxygen atoms in total. The van der Waals surface area contributed by atoms with Crippen LogP contribution in [0.3, 0.4) is 0 Å². The van der Waals surface area contributed by atoms with Crippen molar-refractivity contribution in [1.82, 2.24) is 0 Å². The third-order valence-corrected chi connectivity index (χ3v) is 5.95. The first-order valence-corrected chi connectivity index (χ1v) is 10.5. The number of aliphatic carboxylic acids is 1. The van der Waals surface area contributed by atoms with Gasteiger partial charge in [0.05, 0.1) is 0 Å². The lowest BCUT2D eigenvalue weighted by Crippen LogP contribution is -2.37. The van der Waals surface area contributed by atoms with Gasteiger partial charge in [0, 0.05) is 12.3 Å². The fourth-order valence-electron chi connectivity index (χ4n) is 4.03. The molecular formula is C22H38O4. The lowest BCUT2D eigenvalue weighted by molar-refractivity contribution is -0.159. The van der Waals surface area contributed by atoms with E-state index in [0.29, 0.717) is 30.5 Å². The van der Waals surface area contributed by atoms with Crippen LogP contribution in [0.5, 0.6) is 0 Å². The van der Waals surface area contributed by atoms with Crippen molar-refractivity contribution in [2.24, 2.45) is 17.8 Å². The predicted octanol–water partition coefficient (Wildman–Crippen LogP) is 5.14. The lowest BCUT2D eigenvalue weighted by atomic mass is 9.88. The summed E-state index contributed by atoms with van der Waals surface area (Å²) in [5, 5.41) is 19.1. The summed E-state index contributed by atoms with van der Waals surface area (Å²) >= 11 is 0. The number of carboxylic acids is 1. The standard InChI is InChI=1S/C22H38O4/c1-4-10-17(3)11-9-12-18-14-15-20(23)19(18)13-7-6-8-16-22(26,5-2)21(24)25/h9,12,17-19,26H,4-8,10-11,13-16H2,1-3H3,(H,24,25)/t17?,18-,19+,22?/m0/s1. The largest absolute Gasteiger partial charge is 0.479 e. The zero-order valence-electron chi connectivity index (χ0n) is 16.9. The van der Waals surface area contributed by atoms with Gasteiger partial charge < -0.3 is 10.2 Å². The molecule has 0 aromatic carbocycles. The van der Waals surface area contributed by atoms with Crippen LogP contribution in [0.25, 0.3) is 0 Å². The second-order valence-corrected chi connectivity index (χ2v) is 8.12. The highest BCUT2D eigenvalue weighted by atomic mass is 16.4. The maximum absolute atomic E-state index is 12.2. The SMILES string of the molecule is CCCC(C)CC=C[C@H]1CCC(=O)[C@@H]1CCCCCC(O)(CC)C(=O)O. The number of hydrogen-bond donors (Lipinski definition) is 2. The molecule has 1 aliphatic rings. The van der Waals surface area contributed by atoms with Gasteiger partial charge in [-0.1, -0.05) is 58.6 Å². The molecule has 0 spiro atoms. The predicted molar refractivity (Wildman–Crippen MR) is 105 cm³/mol. The van der Waals surface area contributed by atoms with E-state index in [9.17, 15) is 14.7 Å². The first-order valence-electron chi connectivity index (χ1n) is 10.5. The van der Waals surface area contributed by atoms with Gasteiger partial charge in [-0.3, -0.25) is 4.79 Å². The van der Waals surface area contributed by atoms with E-state index in [2.05, 4.69) is 26.0 Å². The van der Waals surface area contributed by atoms with Crippen LogP contribution in [0.15, 0.2) is 12.2 Å². The topological polar surface area (TPSA) is 74.6 Å². The first-order chi connectivity index (χ1) is 12.3. The number of rotatable bonds is 13. The number of unbranched alkanes of at least 4 members (excludes halogenated alkanes) is 2. The summed E-state index contributed by atoms with van der Waals surface area (Å²) < 4.78 is 0. The van der Waals surface area contributed by atoms with Gasteiger partial charge in [-0.2, -0.15) is 0 Å². The summed E-state index contributed by atoms with van der Waals surface area (Å²) in [6.45, 7) is 6.19. The zero-order chi connectivity index (χ0) is 19.6. The van der Waals surface area contributed by atoms with E-state index < -0.39 is 11.6 Å². The van der Waals surface area contributed by atoms with Gasteiger partial charge in [0.2, 0.25) is 0 Å². The molecule has 1 rings (SSSR count). The van der Waals surface area contributed by atoms with Crippen molar-refractivity contribution in [1.29, 1.82) is 0 Å². The van der Waals surface area contributed by atoms with Crippen LogP contribution in [-0.2, 0) is 9.59 Å². The number of Topliss-reactive ketones (excluding diaryl/α,β-unsaturated/α-hetero) is 1. The molecule has 0 aromatic rings. The fraction of sp³-hybridized carbons (Fsp3) is 0.818. The number of aliphatic hydroxyl groups is 1. The second-order valence-electron chi connectivity index (χ2n) is 8.12. The van der Waals surface area contributed by atoms with Crippen molar-refractivity contribution in [3.05, 3.63) is 12.2 Å². The molecule has 0 bridgehead atoms. The van der Waals surface area contributed by atoms with Crippen molar-refractivity contribution in [3.8, 4) is 0 Å². The fourth-order valence-corrected chi connectivity index (χ4v) is 4.03. The average molecular weight is 367 g/mol. The molecule has 4 atom stereocenters. The van der Waals surface area contributed by atoms with Gasteiger partial charge in [-0.15, -0.1) is 0 Å². The Morgan fingerprint density at radius 3 is 2.65 bits per heavy atom. The van der Waals surface area contributed by atoms with Gasteiger partial charge in [0.15, 0.2) is 5.60 Å². The normalized spacial score (nSPS) is 24.1. The Kier molecular flexibility index (Phi) is 10.1. The number of carbonyl (C=O) groups is 2. The molecule has 1 fully saturated rings. The van der Waals surface area contributed by atoms with Crippen molar-refractivity contribution in [2.45, 2.75) is 97.0 Å². The summed E-state index contributed by atoms with van der Waals surface area (Å²) in [5.41, 5.74) is -1.59. The van der Waals surface area contributed by atoms with E-state index in [1.165, 1.54) is 12.8 Å². The van der Waals surface area contributed by atoms with E-state index in [4.69, 9.17) is 5.11 Å². The minimum Gasteiger partial charge on any atom is -0.479 e. The minimum absolute atomic E-state index is 0.136. The van der Waals surface area contributed by atoms with Gasteiger partial charge in [-0.05, 0) is 50.4 Å². The van der Waals surface area contributed by atoms with Crippen molar-refractivity contribution in [2.75, 3.05) is 0 Å². The molecule has 4 heteroatoms. The summed E-state index contributed by atoms with van der Waals surface area (Å²) in [7, 11) is 0.